The van der Waals surface area contributed by atoms with Crippen LogP contribution >= 0.6 is 0 Å². The molecule has 0 spiro atoms. The second-order valence-corrected chi connectivity index (χ2v) is 5.21. The van der Waals surface area contributed by atoms with Crippen LogP contribution in [0.25, 0.3) is 22.7 Å². The van der Waals surface area contributed by atoms with Crippen LogP contribution < -0.4 is 10.6 Å². The minimum atomic E-state index is -1.15. The smallest absolute Gasteiger partial charge is 0.303 e. The number of aliphatic hydroxyl groups is 1. The van der Waals surface area contributed by atoms with E-state index in [0.29, 0.717) is 0 Å². The normalized spacial score (nSPS) is 12.4. The first kappa shape index (κ1) is 16.5. The number of pyridine rings is 1. The van der Waals surface area contributed by atoms with E-state index in [1.165, 1.54) is 12.1 Å². The average molecular weight is 347 g/mol. The fraction of sp³-hybridized carbons (Fsp3) is 0.125. The maximum Gasteiger partial charge on any atom is 0.303 e. The maximum atomic E-state index is 14.1. The van der Waals surface area contributed by atoms with Gasteiger partial charge in [0, 0.05) is 18.1 Å². The summed E-state index contributed by atoms with van der Waals surface area (Å²) in [7, 11) is 0. The highest BCUT2D eigenvalue weighted by Crippen LogP contribution is 2.23. The third-order valence-corrected chi connectivity index (χ3v) is 3.61. The van der Waals surface area contributed by atoms with Crippen molar-refractivity contribution in [2.75, 3.05) is 0 Å². The molecule has 1 aromatic carbocycles. The molecule has 0 amide bonds. The molecule has 128 valence electrons. The Balaban J connectivity index is 2.30. The van der Waals surface area contributed by atoms with Gasteiger partial charge in [-0.15, -0.1) is 0 Å². The van der Waals surface area contributed by atoms with Crippen LogP contribution in [0.15, 0.2) is 35.4 Å². The molecule has 2 aromatic heterocycles. The molecule has 25 heavy (non-hydrogen) atoms. The molecule has 7 nitrogen and oxygen atoms in total. The van der Waals surface area contributed by atoms with Crippen molar-refractivity contribution in [1.29, 1.82) is 0 Å². The Bertz CT molecular complexity index is 1090. The molecule has 2 N–H and O–H groups in total. The zero-order valence-electron chi connectivity index (χ0n) is 12.6. The number of halogens is 2. The van der Waals surface area contributed by atoms with Gasteiger partial charge in [-0.3, -0.25) is 9.59 Å². The summed E-state index contributed by atoms with van der Waals surface area (Å²) in [4.78, 5) is 26.9. The molecule has 0 aliphatic rings. The molecule has 0 fully saturated rings. The Labute approximate surface area is 138 Å². The van der Waals surface area contributed by atoms with E-state index in [0.717, 1.165) is 23.0 Å². The van der Waals surface area contributed by atoms with Gasteiger partial charge in [0.15, 0.2) is 22.7 Å². The molecule has 0 saturated carbocycles. The van der Waals surface area contributed by atoms with Crippen LogP contribution in [-0.4, -0.2) is 30.8 Å². The molecule has 2 heterocycles. The first-order valence-electron chi connectivity index (χ1n) is 7.15. The van der Waals surface area contributed by atoms with Crippen LogP contribution in [0.5, 0.6) is 0 Å². The number of aliphatic hydroxyl groups excluding tert-OH is 1. The molecule has 0 unspecified atom stereocenters. The second kappa shape index (κ2) is 6.27. The predicted octanol–water partition coefficient (Wildman–Crippen LogP) is 1.28. The van der Waals surface area contributed by atoms with Gasteiger partial charge in [0.2, 0.25) is 0 Å². The molecule has 0 atom stereocenters. The van der Waals surface area contributed by atoms with E-state index >= 15 is 0 Å². The van der Waals surface area contributed by atoms with Gasteiger partial charge < -0.3 is 10.2 Å². The lowest BCUT2D eigenvalue weighted by atomic mass is 10.1. The summed E-state index contributed by atoms with van der Waals surface area (Å²) in [6, 6.07) is 4.49. The molecule has 0 aliphatic carbocycles. The van der Waals surface area contributed by atoms with Crippen LogP contribution in [0.2, 0.25) is 0 Å². The lowest BCUT2D eigenvalue weighted by Gasteiger charge is -2.07. The van der Waals surface area contributed by atoms with Crippen LogP contribution in [0.4, 0.5) is 8.78 Å². The van der Waals surface area contributed by atoms with E-state index in [9.17, 15) is 23.5 Å². The summed E-state index contributed by atoms with van der Waals surface area (Å²) in [5.41, 5.74) is -1.01. The molecule has 0 radical (unpaired) electrons. The highest BCUT2D eigenvalue weighted by molar-refractivity contribution is 5.69. The van der Waals surface area contributed by atoms with Crippen molar-refractivity contribution in [2.24, 2.45) is 0 Å². The van der Waals surface area contributed by atoms with Crippen LogP contribution in [-0.2, 0) is 4.79 Å². The van der Waals surface area contributed by atoms with Gasteiger partial charge in [-0.2, -0.15) is 5.10 Å². The third-order valence-electron chi connectivity index (χ3n) is 3.61. The first-order chi connectivity index (χ1) is 11.9. The second-order valence-electron chi connectivity index (χ2n) is 5.21. The number of hydrogen-bond donors (Lipinski definition) is 2. The van der Waals surface area contributed by atoms with E-state index in [2.05, 4.69) is 10.1 Å². The van der Waals surface area contributed by atoms with Crippen molar-refractivity contribution in [3.8, 4) is 11.3 Å². The van der Waals surface area contributed by atoms with Crippen molar-refractivity contribution in [1.82, 2.24) is 14.6 Å². The molecular weight excluding hydrogens is 336 g/mol. The van der Waals surface area contributed by atoms with Gasteiger partial charge in [-0.05, 0) is 12.1 Å². The molecular formula is C16H11F2N3O4. The Kier molecular flexibility index (Phi) is 4.14. The molecule has 3 aromatic rings. The lowest BCUT2D eigenvalue weighted by Crippen LogP contribution is -2.30. The van der Waals surface area contributed by atoms with E-state index in [1.807, 2.05) is 0 Å². The number of carbonyl (C=O) groups is 1. The Morgan fingerprint density at radius 3 is 2.68 bits per heavy atom. The number of fused-ring (bicyclic) bond motifs is 1. The Hall–Kier alpha value is -3.36. The van der Waals surface area contributed by atoms with E-state index in [1.54, 1.807) is 0 Å². The summed E-state index contributed by atoms with van der Waals surface area (Å²) >= 11 is 0. The summed E-state index contributed by atoms with van der Waals surface area (Å²) in [5, 5.41) is 22.4. The van der Waals surface area contributed by atoms with Crippen molar-refractivity contribution in [3.63, 3.8) is 0 Å². The number of hydrogen-bond acceptors (Lipinski definition) is 5. The maximum absolute atomic E-state index is 14.1. The number of benzene rings is 1. The molecule has 0 aliphatic heterocycles. The van der Waals surface area contributed by atoms with Crippen molar-refractivity contribution in [2.45, 2.75) is 12.8 Å². The van der Waals surface area contributed by atoms with Crippen LogP contribution in [0.3, 0.4) is 0 Å². The standard InChI is InChI=1S/C16H11F2N3O4/c17-9-3-1-2-8(15(9)18)10-6-12(23)14(11(22)4-5-13(24)25)16-19-7-20-21(10)16/h1-3,6-7,22H,4-5H2,(H,24,25)/b14-11-. The summed E-state index contributed by atoms with van der Waals surface area (Å²) in [6.45, 7) is 0. The van der Waals surface area contributed by atoms with Crippen molar-refractivity contribution >= 4 is 17.4 Å². The number of nitrogens with zero attached hydrogens (tertiary/aromatic N) is 3. The molecule has 0 saturated heterocycles. The van der Waals surface area contributed by atoms with E-state index < -0.39 is 28.8 Å². The zero-order valence-corrected chi connectivity index (χ0v) is 12.6. The number of aromatic nitrogens is 3. The predicted molar refractivity (Wildman–Crippen MR) is 82.7 cm³/mol. The van der Waals surface area contributed by atoms with E-state index in [-0.39, 0.29) is 35.0 Å². The SMILES string of the molecule is O=C(O)CC/C(O)=c1\c(=O)cc(-c2cccc(F)c2F)n2ncnc12. The minimum absolute atomic E-state index is 0.0377. The number of rotatable bonds is 4. The summed E-state index contributed by atoms with van der Waals surface area (Å²) in [6.07, 6.45) is 0.427. The van der Waals surface area contributed by atoms with Gasteiger partial charge in [-0.25, -0.2) is 18.3 Å². The quantitative estimate of drug-likeness (QED) is 0.737. The fourth-order valence-electron chi connectivity index (χ4n) is 2.47. The summed E-state index contributed by atoms with van der Waals surface area (Å²) in [5.74, 6) is -3.84. The zero-order chi connectivity index (χ0) is 18.1. The van der Waals surface area contributed by atoms with Crippen LogP contribution in [0, 0.1) is 11.6 Å². The lowest BCUT2D eigenvalue weighted by molar-refractivity contribution is -0.136. The third kappa shape index (κ3) is 2.91. The monoisotopic (exact) mass is 347 g/mol. The van der Waals surface area contributed by atoms with Crippen molar-refractivity contribution < 1.29 is 23.8 Å². The minimum Gasteiger partial charge on any atom is -0.511 e. The largest absolute Gasteiger partial charge is 0.511 e. The highest BCUT2D eigenvalue weighted by Gasteiger charge is 2.17. The fourth-order valence-corrected chi connectivity index (χ4v) is 2.47. The van der Waals surface area contributed by atoms with Gasteiger partial charge in [0.05, 0.1) is 12.1 Å². The Morgan fingerprint density at radius 2 is 1.96 bits per heavy atom. The number of carboxylic acid groups (broad SMARTS) is 1. The number of aliphatic carboxylic acids is 1. The van der Waals surface area contributed by atoms with Crippen LogP contribution in [0.1, 0.15) is 12.8 Å². The topological polar surface area (TPSA) is 105 Å². The first-order valence-corrected chi connectivity index (χ1v) is 7.15. The summed E-state index contributed by atoms with van der Waals surface area (Å²) < 4.78 is 28.6. The average Bonchev–Trinajstić information content (AvgIpc) is 3.04. The van der Waals surface area contributed by atoms with Gasteiger partial charge in [0.25, 0.3) is 0 Å². The number of carboxylic acids is 1. The molecule has 9 heteroatoms. The van der Waals surface area contributed by atoms with Gasteiger partial charge >= 0.3 is 5.97 Å². The van der Waals surface area contributed by atoms with Gasteiger partial charge in [0.1, 0.15) is 17.3 Å². The van der Waals surface area contributed by atoms with Crippen molar-refractivity contribution in [3.05, 3.63) is 57.7 Å². The highest BCUT2D eigenvalue weighted by atomic mass is 19.2. The van der Waals surface area contributed by atoms with E-state index in [4.69, 9.17) is 5.11 Å². The molecule has 0 bridgehead atoms. The molecule has 3 rings (SSSR count). The Morgan fingerprint density at radius 1 is 1.20 bits per heavy atom. The van der Waals surface area contributed by atoms with Gasteiger partial charge in [-0.1, -0.05) is 6.07 Å².